The van der Waals surface area contributed by atoms with Crippen molar-refractivity contribution in [3.63, 3.8) is 0 Å². The highest BCUT2D eigenvalue weighted by molar-refractivity contribution is 6.02. The topological polar surface area (TPSA) is 83.5 Å². The van der Waals surface area contributed by atoms with Crippen molar-refractivity contribution in [2.75, 3.05) is 28.4 Å². The first-order valence-electron chi connectivity index (χ1n) is 7.93. The third kappa shape index (κ3) is 2.96. The Bertz CT molecular complexity index is 819. The molecule has 1 aliphatic rings. The standard InChI is InChI=1S/C19H20O7/c1-22-11-7-12(20)18-13(21)9-14(26-15(18)8-11)10-5-16(23-2)19(25-4)17(6-10)24-3/h5-8,14,20H,9H2,1-4H3/t14-/m1/s1. The normalized spacial score (nSPS) is 15.7. The summed E-state index contributed by atoms with van der Waals surface area (Å²) in [6.07, 6.45) is -0.485. The monoisotopic (exact) mass is 360 g/mol. The highest BCUT2D eigenvalue weighted by atomic mass is 16.5. The second-order valence-corrected chi connectivity index (χ2v) is 5.71. The van der Waals surface area contributed by atoms with E-state index in [1.807, 2.05) is 0 Å². The molecule has 26 heavy (non-hydrogen) atoms. The third-order valence-corrected chi connectivity index (χ3v) is 4.27. The molecule has 0 fully saturated rings. The van der Waals surface area contributed by atoms with Crippen molar-refractivity contribution in [1.29, 1.82) is 0 Å². The van der Waals surface area contributed by atoms with Crippen molar-refractivity contribution >= 4 is 5.78 Å². The molecule has 0 spiro atoms. The van der Waals surface area contributed by atoms with Crippen LogP contribution in [-0.2, 0) is 0 Å². The largest absolute Gasteiger partial charge is 0.507 e. The highest BCUT2D eigenvalue weighted by Crippen LogP contribution is 2.45. The number of carbonyl (C=O) groups is 1. The molecule has 0 aliphatic carbocycles. The maximum atomic E-state index is 12.6. The Morgan fingerprint density at radius 2 is 1.62 bits per heavy atom. The zero-order chi connectivity index (χ0) is 18.8. The Kier molecular flexibility index (Phi) is 4.79. The average Bonchev–Trinajstić information content (AvgIpc) is 2.65. The first-order chi connectivity index (χ1) is 12.5. The lowest BCUT2D eigenvalue weighted by atomic mass is 9.95. The van der Waals surface area contributed by atoms with Crippen LogP contribution in [-0.4, -0.2) is 39.3 Å². The number of Topliss-reactive ketones (excluding diaryl/α,β-unsaturated/α-hetero) is 1. The van der Waals surface area contributed by atoms with Gasteiger partial charge in [-0.3, -0.25) is 4.79 Å². The van der Waals surface area contributed by atoms with Crippen LogP contribution in [0.5, 0.6) is 34.5 Å². The van der Waals surface area contributed by atoms with Crippen LogP contribution >= 0.6 is 0 Å². The molecule has 0 saturated carbocycles. The fourth-order valence-corrected chi connectivity index (χ4v) is 3.01. The first-order valence-corrected chi connectivity index (χ1v) is 7.93. The van der Waals surface area contributed by atoms with E-state index >= 15 is 0 Å². The number of carbonyl (C=O) groups excluding carboxylic acids is 1. The van der Waals surface area contributed by atoms with E-state index in [2.05, 4.69) is 0 Å². The number of aromatic hydroxyl groups is 1. The van der Waals surface area contributed by atoms with Gasteiger partial charge in [0.05, 0.1) is 34.9 Å². The summed E-state index contributed by atoms with van der Waals surface area (Å²) in [5.74, 6) is 1.70. The van der Waals surface area contributed by atoms with E-state index in [1.54, 1.807) is 18.2 Å². The molecule has 0 bridgehead atoms. The first kappa shape index (κ1) is 17.7. The lowest BCUT2D eigenvalue weighted by Gasteiger charge is -2.27. The number of benzene rings is 2. The van der Waals surface area contributed by atoms with Gasteiger partial charge in [-0.25, -0.2) is 0 Å². The molecule has 0 amide bonds. The van der Waals surface area contributed by atoms with Gasteiger partial charge in [0.25, 0.3) is 0 Å². The van der Waals surface area contributed by atoms with E-state index in [0.29, 0.717) is 28.6 Å². The van der Waals surface area contributed by atoms with Crippen LogP contribution in [0.2, 0.25) is 0 Å². The molecule has 7 heteroatoms. The van der Waals surface area contributed by atoms with Gasteiger partial charge in [-0.1, -0.05) is 0 Å². The van der Waals surface area contributed by atoms with Crippen LogP contribution in [0.25, 0.3) is 0 Å². The van der Waals surface area contributed by atoms with Gasteiger partial charge in [0.1, 0.15) is 28.9 Å². The fraction of sp³-hybridized carbons (Fsp3) is 0.316. The summed E-state index contributed by atoms with van der Waals surface area (Å²) in [6, 6.07) is 6.45. The van der Waals surface area contributed by atoms with Gasteiger partial charge in [-0.2, -0.15) is 0 Å². The molecule has 0 saturated heterocycles. The van der Waals surface area contributed by atoms with E-state index in [0.717, 1.165) is 0 Å². The third-order valence-electron chi connectivity index (χ3n) is 4.27. The van der Waals surface area contributed by atoms with E-state index in [4.69, 9.17) is 23.7 Å². The van der Waals surface area contributed by atoms with Gasteiger partial charge in [0.15, 0.2) is 17.3 Å². The molecule has 1 heterocycles. The number of hydrogen-bond donors (Lipinski definition) is 1. The lowest BCUT2D eigenvalue weighted by molar-refractivity contribution is 0.0844. The zero-order valence-corrected chi connectivity index (χ0v) is 15.0. The summed E-state index contributed by atoms with van der Waals surface area (Å²) in [6.45, 7) is 0. The van der Waals surface area contributed by atoms with Crippen LogP contribution in [0, 0.1) is 0 Å². The Balaban J connectivity index is 2.04. The predicted octanol–water partition coefficient (Wildman–Crippen LogP) is 3.13. The van der Waals surface area contributed by atoms with Crippen molar-refractivity contribution in [3.05, 3.63) is 35.4 Å². The number of ether oxygens (including phenoxy) is 5. The molecule has 2 aromatic carbocycles. The molecule has 3 rings (SSSR count). The SMILES string of the molecule is COc1cc(O)c2c(c1)O[C@@H](c1cc(OC)c(OC)c(OC)c1)CC2=O. The molecular weight excluding hydrogens is 340 g/mol. The molecule has 1 atom stereocenters. The number of rotatable bonds is 5. The van der Waals surface area contributed by atoms with Crippen molar-refractivity contribution in [3.8, 4) is 34.5 Å². The number of ketones is 1. The van der Waals surface area contributed by atoms with Crippen molar-refractivity contribution < 1.29 is 33.6 Å². The molecule has 7 nitrogen and oxygen atoms in total. The summed E-state index contributed by atoms with van der Waals surface area (Å²) >= 11 is 0. The van der Waals surface area contributed by atoms with Crippen LogP contribution in [0.15, 0.2) is 24.3 Å². The van der Waals surface area contributed by atoms with Crippen molar-refractivity contribution in [2.24, 2.45) is 0 Å². The number of methoxy groups -OCH3 is 4. The van der Waals surface area contributed by atoms with Gasteiger partial charge >= 0.3 is 0 Å². The van der Waals surface area contributed by atoms with E-state index < -0.39 is 6.10 Å². The Labute approximate surface area is 151 Å². The average molecular weight is 360 g/mol. The summed E-state index contributed by atoms with van der Waals surface area (Å²) in [4.78, 5) is 12.6. The molecule has 0 unspecified atom stereocenters. The van der Waals surface area contributed by atoms with Crippen LogP contribution in [0.4, 0.5) is 0 Å². The Hall–Kier alpha value is -3.09. The van der Waals surface area contributed by atoms with E-state index in [-0.39, 0.29) is 29.3 Å². The molecule has 1 N–H and O–H groups in total. The summed E-state index contributed by atoms with van der Waals surface area (Å²) in [7, 11) is 6.03. The minimum atomic E-state index is -0.560. The number of phenols is 1. The molecule has 1 aliphatic heterocycles. The van der Waals surface area contributed by atoms with Crippen LogP contribution in [0.1, 0.15) is 28.4 Å². The van der Waals surface area contributed by atoms with Crippen molar-refractivity contribution in [1.82, 2.24) is 0 Å². The smallest absolute Gasteiger partial charge is 0.203 e. The van der Waals surface area contributed by atoms with E-state index in [9.17, 15) is 9.90 Å². The second-order valence-electron chi connectivity index (χ2n) is 5.71. The molecule has 0 aromatic heterocycles. The number of hydrogen-bond acceptors (Lipinski definition) is 7. The van der Waals surface area contributed by atoms with Gasteiger partial charge in [0, 0.05) is 17.7 Å². The molecule has 138 valence electrons. The zero-order valence-electron chi connectivity index (χ0n) is 15.0. The second kappa shape index (κ2) is 7.03. The van der Waals surface area contributed by atoms with Crippen molar-refractivity contribution in [2.45, 2.75) is 12.5 Å². The number of fused-ring (bicyclic) bond motifs is 1. The van der Waals surface area contributed by atoms with Gasteiger partial charge in [-0.15, -0.1) is 0 Å². The summed E-state index contributed by atoms with van der Waals surface area (Å²) in [5.41, 5.74) is 0.857. The van der Waals surface area contributed by atoms with Gasteiger partial charge < -0.3 is 28.8 Å². The quantitative estimate of drug-likeness (QED) is 0.877. The predicted molar refractivity (Wildman–Crippen MR) is 93.1 cm³/mol. The highest BCUT2D eigenvalue weighted by Gasteiger charge is 2.32. The van der Waals surface area contributed by atoms with Gasteiger partial charge in [0.2, 0.25) is 5.75 Å². The van der Waals surface area contributed by atoms with Crippen LogP contribution in [0.3, 0.4) is 0 Å². The Morgan fingerprint density at radius 3 is 2.15 bits per heavy atom. The lowest BCUT2D eigenvalue weighted by Crippen LogP contribution is -2.20. The summed E-state index contributed by atoms with van der Waals surface area (Å²) < 4.78 is 27.1. The van der Waals surface area contributed by atoms with E-state index in [1.165, 1.54) is 34.5 Å². The molecule has 0 radical (unpaired) electrons. The minimum Gasteiger partial charge on any atom is -0.507 e. The Morgan fingerprint density at radius 1 is 0.962 bits per heavy atom. The summed E-state index contributed by atoms with van der Waals surface area (Å²) in [5, 5.41) is 10.1. The maximum absolute atomic E-state index is 12.6. The fourth-order valence-electron chi connectivity index (χ4n) is 3.01. The minimum absolute atomic E-state index is 0.0749. The molecule has 2 aromatic rings. The maximum Gasteiger partial charge on any atom is 0.203 e. The van der Waals surface area contributed by atoms with Crippen LogP contribution < -0.4 is 23.7 Å². The van der Waals surface area contributed by atoms with Gasteiger partial charge in [-0.05, 0) is 12.1 Å². The molecular formula is C19H20O7. The number of phenolic OH excluding ortho intramolecular Hbond substituents is 1.